The van der Waals surface area contributed by atoms with E-state index in [-0.39, 0.29) is 31.3 Å². The van der Waals surface area contributed by atoms with Crippen molar-refractivity contribution in [2.24, 2.45) is 4.99 Å². The summed E-state index contributed by atoms with van der Waals surface area (Å²) >= 11 is 0. The minimum absolute atomic E-state index is 0.0719. The van der Waals surface area contributed by atoms with Crippen molar-refractivity contribution in [3.05, 3.63) is 46.9 Å². The Morgan fingerprint density at radius 2 is 2.12 bits per heavy atom. The molecule has 2 aromatic rings. The van der Waals surface area contributed by atoms with Gasteiger partial charge in [-0.05, 0) is 37.8 Å². The van der Waals surface area contributed by atoms with E-state index >= 15 is 0 Å². The molecule has 0 spiro atoms. The molecule has 0 unspecified atom stereocenters. The number of nitrogens with one attached hydrogen (secondary N) is 1. The Kier molecular flexibility index (Phi) is 5.32. The van der Waals surface area contributed by atoms with Crippen molar-refractivity contribution >= 4 is 17.4 Å². The number of rotatable bonds is 4. The topological polar surface area (TPSA) is 104 Å². The molecule has 1 saturated carbocycles. The summed E-state index contributed by atoms with van der Waals surface area (Å²) in [6.45, 7) is 1.83. The standard InChI is InChI=1S/C22H24F2N6O2/c1-11-14(5-12(23)7-25-11)17-6-13(24)9-30(17)22(32)20-19-16(8-26-20)27-10-28-21(19)29-15-3-2-4-18(15)31/h5,7,10,13,15,17-18,31H,2-4,6,8-9H2,1H3,(H,27,28,29)/t13-,15+,17+,18+/m0/s1. The van der Waals surface area contributed by atoms with Gasteiger partial charge in [-0.3, -0.25) is 14.8 Å². The van der Waals surface area contributed by atoms with Crippen LogP contribution in [0.15, 0.2) is 23.6 Å². The third-order valence-electron chi connectivity index (χ3n) is 6.52. The largest absolute Gasteiger partial charge is 0.391 e. The summed E-state index contributed by atoms with van der Waals surface area (Å²) in [5.41, 5.74) is 2.31. The third kappa shape index (κ3) is 3.62. The van der Waals surface area contributed by atoms with Gasteiger partial charge in [-0.15, -0.1) is 0 Å². The van der Waals surface area contributed by atoms with Gasteiger partial charge in [-0.2, -0.15) is 0 Å². The van der Waals surface area contributed by atoms with E-state index in [2.05, 4.69) is 25.3 Å². The first-order valence-corrected chi connectivity index (χ1v) is 10.8. The maximum atomic E-state index is 14.5. The fourth-order valence-corrected chi connectivity index (χ4v) is 4.89. The molecule has 2 aliphatic heterocycles. The quantitative estimate of drug-likeness (QED) is 0.753. The van der Waals surface area contributed by atoms with Crippen LogP contribution in [-0.2, 0) is 11.3 Å². The zero-order valence-electron chi connectivity index (χ0n) is 17.6. The minimum Gasteiger partial charge on any atom is -0.391 e. The van der Waals surface area contributed by atoms with Gasteiger partial charge in [0.1, 0.15) is 29.8 Å². The number of halogens is 2. The molecule has 2 fully saturated rings. The number of nitrogens with zero attached hydrogens (tertiary/aromatic N) is 5. The van der Waals surface area contributed by atoms with E-state index in [9.17, 15) is 18.7 Å². The minimum atomic E-state index is -1.23. The van der Waals surface area contributed by atoms with Gasteiger partial charge in [-0.25, -0.2) is 18.7 Å². The van der Waals surface area contributed by atoms with Crippen LogP contribution in [0.2, 0.25) is 0 Å². The highest BCUT2D eigenvalue weighted by atomic mass is 19.1. The lowest BCUT2D eigenvalue weighted by Crippen LogP contribution is -2.38. The van der Waals surface area contributed by atoms with Gasteiger partial charge in [0.15, 0.2) is 0 Å². The van der Waals surface area contributed by atoms with Crippen molar-refractivity contribution in [3.8, 4) is 0 Å². The number of aliphatic hydroxyl groups is 1. The van der Waals surface area contributed by atoms with Crippen molar-refractivity contribution in [1.29, 1.82) is 0 Å². The lowest BCUT2D eigenvalue weighted by molar-refractivity contribution is -0.125. The third-order valence-corrected chi connectivity index (χ3v) is 6.52. The fraction of sp³-hybridized carbons (Fsp3) is 0.500. The van der Waals surface area contributed by atoms with Gasteiger partial charge in [0.25, 0.3) is 5.91 Å². The molecule has 1 aliphatic carbocycles. The highest BCUT2D eigenvalue weighted by molar-refractivity contribution is 6.47. The number of anilines is 1. The van der Waals surface area contributed by atoms with Gasteiger partial charge in [0, 0.05) is 12.1 Å². The lowest BCUT2D eigenvalue weighted by Gasteiger charge is -2.26. The number of pyridine rings is 1. The zero-order valence-corrected chi connectivity index (χ0v) is 17.6. The predicted octanol–water partition coefficient (Wildman–Crippen LogP) is 2.26. The van der Waals surface area contributed by atoms with Crippen molar-refractivity contribution in [3.63, 3.8) is 0 Å². The molecule has 1 amide bonds. The van der Waals surface area contributed by atoms with Crippen LogP contribution in [0.3, 0.4) is 0 Å². The van der Waals surface area contributed by atoms with Gasteiger partial charge in [0.2, 0.25) is 0 Å². The summed E-state index contributed by atoms with van der Waals surface area (Å²) in [5.74, 6) is -0.525. The van der Waals surface area contributed by atoms with Crippen LogP contribution in [0.4, 0.5) is 14.6 Å². The zero-order chi connectivity index (χ0) is 22.4. The molecular formula is C22H24F2N6O2. The highest BCUT2D eigenvalue weighted by Crippen LogP contribution is 2.37. The summed E-state index contributed by atoms with van der Waals surface area (Å²) in [4.78, 5) is 32.0. The van der Waals surface area contributed by atoms with Crippen molar-refractivity contribution in [2.75, 3.05) is 11.9 Å². The molecule has 10 heteroatoms. The summed E-state index contributed by atoms with van der Waals surface area (Å²) in [6, 6.07) is 0.514. The summed E-state index contributed by atoms with van der Waals surface area (Å²) in [6.07, 6.45) is 3.27. The molecule has 5 rings (SSSR count). The second-order valence-corrected chi connectivity index (χ2v) is 8.59. The van der Waals surface area contributed by atoms with E-state index in [0.717, 1.165) is 19.0 Å². The number of amides is 1. The van der Waals surface area contributed by atoms with Crippen LogP contribution in [0.5, 0.6) is 0 Å². The molecule has 2 N–H and O–H groups in total. The molecule has 168 valence electrons. The summed E-state index contributed by atoms with van der Waals surface area (Å²) in [7, 11) is 0. The van der Waals surface area contributed by atoms with E-state index < -0.39 is 30.0 Å². The number of carbonyl (C=O) groups excluding carboxylic acids is 1. The number of aliphatic hydroxyl groups excluding tert-OH is 1. The number of likely N-dealkylation sites (tertiary alicyclic amines) is 1. The van der Waals surface area contributed by atoms with Crippen molar-refractivity contribution in [1.82, 2.24) is 19.9 Å². The average molecular weight is 442 g/mol. The molecule has 4 atom stereocenters. The van der Waals surface area contributed by atoms with Crippen molar-refractivity contribution < 1.29 is 18.7 Å². The molecule has 0 aromatic carbocycles. The van der Waals surface area contributed by atoms with Crippen LogP contribution < -0.4 is 5.32 Å². The van der Waals surface area contributed by atoms with Crippen molar-refractivity contribution in [2.45, 2.75) is 63.5 Å². The highest BCUT2D eigenvalue weighted by Gasteiger charge is 2.41. The van der Waals surface area contributed by atoms with E-state index in [1.165, 1.54) is 17.3 Å². The molecule has 32 heavy (non-hydrogen) atoms. The predicted molar refractivity (Wildman–Crippen MR) is 112 cm³/mol. The van der Waals surface area contributed by atoms with E-state index in [0.29, 0.717) is 34.8 Å². The molecule has 1 saturated heterocycles. The van der Waals surface area contributed by atoms with Crippen LogP contribution in [0.25, 0.3) is 0 Å². The maximum Gasteiger partial charge on any atom is 0.273 e. The molecule has 0 radical (unpaired) electrons. The first kappa shape index (κ1) is 20.9. The Balaban J connectivity index is 1.46. The summed E-state index contributed by atoms with van der Waals surface area (Å²) < 4.78 is 28.3. The van der Waals surface area contributed by atoms with E-state index in [1.54, 1.807) is 6.92 Å². The second-order valence-electron chi connectivity index (χ2n) is 8.59. The number of aromatic nitrogens is 3. The maximum absolute atomic E-state index is 14.5. The number of hydrogen-bond acceptors (Lipinski definition) is 7. The number of alkyl halides is 1. The Morgan fingerprint density at radius 1 is 1.28 bits per heavy atom. The Hall–Kier alpha value is -3.01. The van der Waals surface area contributed by atoms with Gasteiger partial charge in [0.05, 0.1) is 48.7 Å². The molecule has 4 heterocycles. The molecule has 2 aromatic heterocycles. The molecular weight excluding hydrogens is 418 g/mol. The number of aryl methyl sites for hydroxylation is 1. The van der Waals surface area contributed by atoms with Gasteiger partial charge < -0.3 is 15.3 Å². The molecule has 0 bridgehead atoms. The van der Waals surface area contributed by atoms with E-state index in [1.807, 2.05) is 0 Å². The monoisotopic (exact) mass is 442 g/mol. The normalized spacial score (nSPS) is 26.9. The van der Waals surface area contributed by atoms with Crippen LogP contribution in [0, 0.1) is 12.7 Å². The number of aliphatic imine (C=N–C) groups is 1. The van der Waals surface area contributed by atoms with Crippen LogP contribution >= 0.6 is 0 Å². The van der Waals surface area contributed by atoms with Gasteiger partial charge >= 0.3 is 0 Å². The lowest BCUT2D eigenvalue weighted by atomic mass is 10.0. The number of carbonyl (C=O) groups is 1. The second kappa shape index (κ2) is 8.16. The van der Waals surface area contributed by atoms with Crippen LogP contribution in [-0.4, -0.2) is 61.4 Å². The first-order valence-electron chi connectivity index (χ1n) is 10.8. The number of fused-ring (bicyclic) bond motifs is 1. The first-order chi connectivity index (χ1) is 15.4. The van der Waals surface area contributed by atoms with Gasteiger partial charge in [-0.1, -0.05) is 0 Å². The van der Waals surface area contributed by atoms with E-state index in [4.69, 9.17) is 0 Å². The van der Waals surface area contributed by atoms with Crippen LogP contribution in [0.1, 0.15) is 54.2 Å². The Morgan fingerprint density at radius 3 is 2.91 bits per heavy atom. The molecule has 8 nitrogen and oxygen atoms in total. The fourth-order valence-electron chi connectivity index (χ4n) is 4.89. The number of hydrogen-bond donors (Lipinski definition) is 2. The average Bonchev–Trinajstić information content (AvgIpc) is 3.48. The SMILES string of the molecule is Cc1ncc(F)cc1[C@H]1C[C@H](F)CN1C(=O)C1=NCc2ncnc(N[C@@H]3CCC[C@H]3O)c21. The Bertz CT molecular complexity index is 1090. The molecule has 3 aliphatic rings. The smallest absolute Gasteiger partial charge is 0.273 e. The summed E-state index contributed by atoms with van der Waals surface area (Å²) in [5, 5.41) is 13.4. The Labute approximate surface area is 183 Å².